The Labute approximate surface area is 138 Å². The van der Waals surface area contributed by atoms with Gasteiger partial charge in [0.15, 0.2) is 0 Å². The first kappa shape index (κ1) is 14.3. The van der Waals surface area contributed by atoms with Crippen LogP contribution in [0, 0.1) is 5.82 Å². The van der Waals surface area contributed by atoms with Crippen molar-refractivity contribution in [2.45, 2.75) is 0 Å². The summed E-state index contributed by atoms with van der Waals surface area (Å²) in [5.41, 5.74) is 3.65. The number of hydrogen-bond acceptors (Lipinski definition) is 3. The van der Waals surface area contributed by atoms with E-state index in [4.69, 9.17) is 4.42 Å². The number of halogens is 1. The van der Waals surface area contributed by atoms with Crippen molar-refractivity contribution in [3.05, 3.63) is 84.7 Å². The second-order valence-corrected chi connectivity index (χ2v) is 5.37. The Kier molecular flexibility index (Phi) is 3.63. The minimum absolute atomic E-state index is 0.302. The molecule has 3 nitrogen and oxygen atoms in total. The van der Waals surface area contributed by atoms with Crippen molar-refractivity contribution < 1.29 is 8.81 Å². The lowest BCUT2D eigenvalue weighted by atomic mass is 10.0. The van der Waals surface area contributed by atoms with E-state index in [1.807, 2.05) is 42.5 Å². The van der Waals surface area contributed by atoms with Gasteiger partial charge in [-0.3, -0.25) is 0 Å². The maximum atomic E-state index is 13.3. The summed E-state index contributed by atoms with van der Waals surface area (Å²) in [6.07, 6.45) is 0. The number of benzene rings is 3. The van der Waals surface area contributed by atoms with E-state index < -0.39 is 0 Å². The number of nitrogens with zero attached hydrogens (tertiary/aromatic N) is 2. The molecule has 0 aliphatic carbocycles. The average molecular weight is 316 g/mol. The van der Waals surface area contributed by atoms with E-state index in [-0.39, 0.29) is 5.82 Å². The molecule has 0 atom stereocenters. The van der Waals surface area contributed by atoms with Crippen molar-refractivity contribution in [3.63, 3.8) is 0 Å². The van der Waals surface area contributed by atoms with Crippen molar-refractivity contribution >= 4 is 0 Å². The van der Waals surface area contributed by atoms with Crippen LogP contribution in [0.25, 0.3) is 34.0 Å². The first-order valence-corrected chi connectivity index (χ1v) is 7.55. The highest BCUT2D eigenvalue weighted by atomic mass is 19.1. The zero-order valence-electron chi connectivity index (χ0n) is 12.7. The molecule has 0 aliphatic rings. The molecule has 0 amide bonds. The molecule has 4 aromatic rings. The van der Waals surface area contributed by atoms with Gasteiger partial charge in [-0.1, -0.05) is 48.5 Å². The Morgan fingerprint density at radius 1 is 0.583 bits per heavy atom. The summed E-state index contributed by atoms with van der Waals surface area (Å²) in [6.45, 7) is 0. The quantitative estimate of drug-likeness (QED) is 0.521. The Morgan fingerprint density at radius 3 is 1.88 bits per heavy atom. The van der Waals surface area contributed by atoms with Gasteiger partial charge in [0, 0.05) is 11.1 Å². The fraction of sp³-hybridized carbons (Fsp3) is 0. The lowest BCUT2D eigenvalue weighted by Gasteiger charge is -2.02. The highest BCUT2D eigenvalue weighted by Gasteiger charge is 2.11. The molecule has 4 rings (SSSR count). The molecular weight excluding hydrogens is 303 g/mol. The predicted molar refractivity (Wildman–Crippen MR) is 90.6 cm³/mol. The number of rotatable bonds is 3. The van der Waals surface area contributed by atoms with Gasteiger partial charge in [0.05, 0.1) is 0 Å². The van der Waals surface area contributed by atoms with Crippen LogP contribution in [-0.4, -0.2) is 10.2 Å². The van der Waals surface area contributed by atoms with Crippen LogP contribution in [0.4, 0.5) is 4.39 Å². The van der Waals surface area contributed by atoms with Gasteiger partial charge in [-0.25, -0.2) is 4.39 Å². The summed E-state index contributed by atoms with van der Waals surface area (Å²) < 4.78 is 19.0. The molecule has 0 saturated carbocycles. The first-order valence-electron chi connectivity index (χ1n) is 7.55. The SMILES string of the molecule is Fc1cccc(-c2nnc(-c3ccc(-c4ccccc4)cc3)o2)c1. The van der Waals surface area contributed by atoms with E-state index in [2.05, 4.69) is 22.3 Å². The summed E-state index contributed by atoms with van der Waals surface area (Å²) in [5, 5.41) is 8.06. The van der Waals surface area contributed by atoms with Gasteiger partial charge in [0.1, 0.15) is 5.82 Å². The van der Waals surface area contributed by atoms with E-state index in [0.29, 0.717) is 17.3 Å². The highest BCUT2D eigenvalue weighted by molar-refractivity contribution is 5.67. The summed E-state index contributed by atoms with van der Waals surface area (Å²) in [5.74, 6) is 0.380. The molecule has 0 unspecified atom stereocenters. The van der Waals surface area contributed by atoms with Gasteiger partial charge in [-0.15, -0.1) is 10.2 Å². The molecule has 3 aromatic carbocycles. The van der Waals surface area contributed by atoms with Crippen LogP contribution in [0.2, 0.25) is 0 Å². The first-order chi connectivity index (χ1) is 11.8. The predicted octanol–water partition coefficient (Wildman–Crippen LogP) is 5.21. The largest absolute Gasteiger partial charge is 0.416 e. The number of hydrogen-bond donors (Lipinski definition) is 0. The molecule has 0 spiro atoms. The van der Waals surface area contributed by atoms with Gasteiger partial charge in [-0.05, 0) is 41.5 Å². The van der Waals surface area contributed by atoms with Gasteiger partial charge >= 0.3 is 0 Å². The van der Waals surface area contributed by atoms with Crippen molar-refractivity contribution in [1.29, 1.82) is 0 Å². The molecule has 1 aromatic heterocycles. The fourth-order valence-corrected chi connectivity index (χ4v) is 2.51. The van der Waals surface area contributed by atoms with Crippen LogP contribution >= 0.6 is 0 Å². The second-order valence-electron chi connectivity index (χ2n) is 5.37. The van der Waals surface area contributed by atoms with Gasteiger partial charge in [0.25, 0.3) is 0 Å². The fourth-order valence-electron chi connectivity index (χ4n) is 2.51. The second kappa shape index (κ2) is 6.08. The molecule has 0 N–H and O–H groups in total. The average Bonchev–Trinajstić information content (AvgIpc) is 3.13. The van der Waals surface area contributed by atoms with Gasteiger partial charge < -0.3 is 4.42 Å². The van der Waals surface area contributed by atoms with Crippen LogP contribution in [0.3, 0.4) is 0 Å². The van der Waals surface area contributed by atoms with Crippen molar-refractivity contribution in [3.8, 4) is 34.0 Å². The zero-order valence-corrected chi connectivity index (χ0v) is 12.7. The molecule has 4 heteroatoms. The Balaban J connectivity index is 1.63. The summed E-state index contributed by atoms with van der Waals surface area (Å²) >= 11 is 0. The van der Waals surface area contributed by atoms with Crippen molar-refractivity contribution in [2.24, 2.45) is 0 Å². The Hall–Kier alpha value is -3.27. The molecule has 1 heterocycles. The van der Waals surface area contributed by atoms with E-state index in [1.54, 1.807) is 12.1 Å². The van der Waals surface area contributed by atoms with Crippen LogP contribution < -0.4 is 0 Å². The lowest BCUT2D eigenvalue weighted by molar-refractivity contribution is 0.582. The van der Waals surface area contributed by atoms with Crippen LogP contribution in [0.5, 0.6) is 0 Å². The van der Waals surface area contributed by atoms with Crippen molar-refractivity contribution in [2.75, 3.05) is 0 Å². The Bertz CT molecular complexity index is 962. The molecular formula is C20H13FN2O. The maximum absolute atomic E-state index is 13.3. The third-order valence-corrected chi connectivity index (χ3v) is 3.74. The van der Waals surface area contributed by atoms with Gasteiger partial charge in [-0.2, -0.15) is 0 Å². The van der Waals surface area contributed by atoms with E-state index in [1.165, 1.54) is 12.1 Å². The zero-order chi connectivity index (χ0) is 16.4. The van der Waals surface area contributed by atoms with E-state index in [0.717, 1.165) is 16.7 Å². The third-order valence-electron chi connectivity index (χ3n) is 3.74. The van der Waals surface area contributed by atoms with Crippen molar-refractivity contribution in [1.82, 2.24) is 10.2 Å². The smallest absolute Gasteiger partial charge is 0.248 e. The lowest BCUT2D eigenvalue weighted by Crippen LogP contribution is -1.80. The van der Waals surface area contributed by atoms with Crippen LogP contribution in [-0.2, 0) is 0 Å². The minimum atomic E-state index is -0.334. The number of aromatic nitrogens is 2. The topological polar surface area (TPSA) is 38.9 Å². The van der Waals surface area contributed by atoms with E-state index >= 15 is 0 Å². The Morgan fingerprint density at radius 2 is 1.17 bits per heavy atom. The van der Waals surface area contributed by atoms with Crippen LogP contribution in [0.15, 0.2) is 83.3 Å². The third kappa shape index (κ3) is 2.82. The van der Waals surface area contributed by atoms with Crippen LogP contribution in [0.1, 0.15) is 0 Å². The summed E-state index contributed by atoms with van der Waals surface area (Å²) in [6, 6.07) is 24.1. The standard InChI is InChI=1S/C20H13FN2O/c21-18-8-4-7-17(13-18)20-23-22-19(24-20)16-11-9-15(10-12-16)14-5-2-1-3-6-14/h1-13H. The van der Waals surface area contributed by atoms with E-state index in [9.17, 15) is 4.39 Å². The van der Waals surface area contributed by atoms with Gasteiger partial charge in [0.2, 0.25) is 11.8 Å². The highest BCUT2D eigenvalue weighted by Crippen LogP contribution is 2.26. The molecule has 0 saturated heterocycles. The molecule has 0 bridgehead atoms. The summed E-state index contributed by atoms with van der Waals surface area (Å²) in [4.78, 5) is 0. The minimum Gasteiger partial charge on any atom is -0.416 e. The molecule has 0 aliphatic heterocycles. The maximum Gasteiger partial charge on any atom is 0.248 e. The molecule has 0 radical (unpaired) electrons. The monoisotopic (exact) mass is 316 g/mol. The molecule has 0 fully saturated rings. The molecule has 116 valence electrons. The summed E-state index contributed by atoms with van der Waals surface area (Å²) in [7, 11) is 0. The normalized spacial score (nSPS) is 10.7. The molecule has 24 heavy (non-hydrogen) atoms.